The minimum Gasteiger partial charge on any atom is -0.480 e. The van der Waals surface area contributed by atoms with Crippen LogP contribution in [0, 0.1) is 17.6 Å². The molecule has 7 heteroatoms. The second-order valence-corrected chi connectivity index (χ2v) is 4.63. The Kier molecular flexibility index (Phi) is 4.83. The van der Waals surface area contributed by atoms with Crippen LogP contribution in [0.15, 0.2) is 12.1 Å². The summed E-state index contributed by atoms with van der Waals surface area (Å²) in [7, 11) is 0. The molecule has 0 aliphatic heterocycles. The lowest BCUT2D eigenvalue weighted by molar-refractivity contribution is -0.140. The first-order valence-corrected chi connectivity index (χ1v) is 5.80. The zero-order chi connectivity index (χ0) is 14.7. The summed E-state index contributed by atoms with van der Waals surface area (Å²) in [5.74, 6) is -4.79. The minimum atomic E-state index is -1.24. The van der Waals surface area contributed by atoms with Gasteiger partial charge in [-0.15, -0.1) is 0 Å². The molecule has 0 aromatic heterocycles. The monoisotopic (exact) mass is 291 g/mol. The van der Waals surface area contributed by atoms with E-state index in [2.05, 4.69) is 5.32 Å². The number of benzene rings is 1. The van der Waals surface area contributed by atoms with Crippen LogP contribution >= 0.6 is 11.6 Å². The van der Waals surface area contributed by atoms with Crippen molar-refractivity contribution in [2.75, 3.05) is 0 Å². The molecule has 0 saturated heterocycles. The normalized spacial score (nSPS) is 12.3. The molecule has 0 heterocycles. The summed E-state index contributed by atoms with van der Waals surface area (Å²) in [4.78, 5) is 22.7. The topological polar surface area (TPSA) is 66.4 Å². The zero-order valence-corrected chi connectivity index (χ0v) is 11.0. The lowest BCUT2D eigenvalue weighted by atomic mass is 10.0. The first-order chi connectivity index (χ1) is 8.75. The average molecular weight is 292 g/mol. The van der Waals surface area contributed by atoms with Crippen LogP contribution in [0.25, 0.3) is 0 Å². The number of aliphatic carboxylic acids is 1. The highest BCUT2D eigenvalue weighted by Crippen LogP contribution is 2.22. The van der Waals surface area contributed by atoms with Crippen LogP contribution in [0.5, 0.6) is 0 Å². The Morgan fingerprint density at radius 1 is 1.32 bits per heavy atom. The minimum absolute atomic E-state index is 0.388. The number of nitrogens with one attached hydrogen (secondary N) is 1. The molecule has 1 rings (SSSR count). The Labute approximate surface area is 113 Å². The van der Waals surface area contributed by atoms with Gasteiger partial charge in [-0.2, -0.15) is 0 Å². The quantitative estimate of drug-likeness (QED) is 0.838. The van der Waals surface area contributed by atoms with Crippen molar-refractivity contribution >= 4 is 23.5 Å². The molecule has 0 saturated carbocycles. The number of carbonyl (C=O) groups is 2. The van der Waals surface area contributed by atoms with Crippen LogP contribution in [0.4, 0.5) is 8.78 Å². The van der Waals surface area contributed by atoms with E-state index in [0.717, 1.165) is 12.1 Å². The maximum absolute atomic E-state index is 13.6. The van der Waals surface area contributed by atoms with E-state index < -0.39 is 40.1 Å². The molecular formula is C12H12ClF2NO3. The molecule has 0 unspecified atom stereocenters. The summed E-state index contributed by atoms with van der Waals surface area (Å²) in [5.41, 5.74) is -0.502. The molecule has 104 valence electrons. The molecule has 1 aromatic rings. The molecular weight excluding hydrogens is 280 g/mol. The van der Waals surface area contributed by atoms with Gasteiger partial charge in [-0.3, -0.25) is 4.79 Å². The van der Waals surface area contributed by atoms with Crippen molar-refractivity contribution in [2.24, 2.45) is 5.92 Å². The summed E-state index contributed by atoms with van der Waals surface area (Å²) < 4.78 is 26.5. The van der Waals surface area contributed by atoms with Gasteiger partial charge in [0.15, 0.2) is 5.82 Å². The number of hydrogen-bond donors (Lipinski definition) is 2. The predicted molar refractivity (Wildman–Crippen MR) is 65.1 cm³/mol. The van der Waals surface area contributed by atoms with E-state index >= 15 is 0 Å². The van der Waals surface area contributed by atoms with E-state index in [1.165, 1.54) is 0 Å². The van der Waals surface area contributed by atoms with E-state index in [4.69, 9.17) is 16.7 Å². The van der Waals surface area contributed by atoms with E-state index in [1.807, 2.05) is 0 Å². The lowest BCUT2D eigenvalue weighted by Gasteiger charge is -2.18. The maximum Gasteiger partial charge on any atom is 0.326 e. The largest absolute Gasteiger partial charge is 0.480 e. The van der Waals surface area contributed by atoms with Crippen LogP contribution in [-0.2, 0) is 4.79 Å². The molecule has 1 atom stereocenters. The third-order valence-corrected chi connectivity index (χ3v) is 2.85. The fourth-order valence-electron chi connectivity index (χ4n) is 1.43. The van der Waals surface area contributed by atoms with Gasteiger partial charge in [0.05, 0.1) is 5.56 Å². The average Bonchev–Trinajstić information content (AvgIpc) is 2.32. The summed E-state index contributed by atoms with van der Waals surface area (Å²) >= 11 is 5.34. The SMILES string of the molecule is CC(C)[C@@H](NC(=O)c1ccc(F)c(Cl)c1F)C(=O)O. The highest BCUT2D eigenvalue weighted by atomic mass is 35.5. The smallest absolute Gasteiger partial charge is 0.326 e. The van der Waals surface area contributed by atoms with Crippen LogP contribution in [0.3, 0.4) is 0 Å². The highest BCUT2D eigenvalue weighted by molar-refractivity contribution is 6.31. The molecule has 19 heavy (non-hydrogen) atoms. The highest BCUT2D eigenvalue weighted by Gasteiger charge is 2.26. The number of carbonyl (C=O) groups excluding carboxylic acids is 1. The van der Waals surface area contributed by atoms with Crippen molar-refractivity contribution in [3.8, 4) is 0 Å². The van der Waals surface area contributed by atoms with Gasteiger partial charge in [-0.05, 0) is 18.1 Å². The van der Waals surface area contributed by atoms with E-state index in [1.54, 1.807) is 13.8 Å². The summed E-state index contributed by atoms with van der Waals surface area (Å²) in [6.45, 7) is 3.18. The maximum atomic E-state index is 13.6. The molecule has 1 aromatic carbocycles. The summed E-state index contributed by atoms with van der Waals surface area (Å²) in [5, 5.41) is 10.3. The molecule has 0 spiro atoms. The Balaban J connectivity index is 3.02. The van der Waals surface area contributed by atoms with Crippen LogP contribution in [0.1, 0.15) is 24.2 Å². The van der Waals surface area contributed by atoms with Crippen LogP contribution in [0.2, 0.25) is 5.02 Å². The van der Waals surface area contributed by atoms with Crippen molar-refractivity contribution in [1.29, 1.82) is 0 Å². The van der Waals surface area contributed by atoms with Crippen molar-refractivity contribution in [3.05, 3.63) is 34.4 Å². The molecule has 0 aliphatic rings. The van der Waals surface area contributed by atoms with Gasteiger partial charge in [0.2, 0.25) is 0 Å². The second kappa shape index (κ2) is 5.97. The number of rotatable bonds is 4. The summed E-state index contributed by atoms with van der Waals surface area (Å²) in [6.07, 6.45) is 0. The Bertz CT molecular complexity index is 520. The van der Waals surface area contributed by atoms with Gasteiger partial charge in [0.1, 0.15) is 16.9 Å². The summed E-state index contributed by atoms with van der Waals surface area (Å²) in [6, 6.07) is 0.576. The molecule has 2 N–H and O–H groups in total. The van der Waals surface area contributed by atoms with E-state index in [-0.39, 0.29) is 5.92 Å². The van der Waals surface area contributed by atoms with Gasteiger partial charge in [-0.25, -0.2) is 13.6 Å². The molecule has 1 amide bonds. The van der Waals surface area contributed by atoms with Gasteiger partial charge >= 0.3 is 5.97 Å². The standard InChI is InChI=1S/C12H12ClF2NO3/c1-5(2)10(12(18)19)16-11(17)6-3-4-7(14)8(13)9(6)15/h3-5,10H,1-2H3,(H,16,17)(H,18,19)/t10-/m1/s1. The number of amides is 1. The Morgan fingerprint density at radius 2 is 1.89 bits per heavy atom. The van der Waals surface area contributed by atoms with Crippen molar-refractivity contribution in [1.82, 2.24) is 5.32 Å². The van der Waals surface area contributed by atoms with Gasteiger partial charge in [0.25, 0.3) is 5.91 Å². The van der Waals surface area contributed by atoms with Gasteiger partial charge in [0, 0.05) is 0 Å². The Hall–Kier alpha value is -1.69. The third kappa shape index (κ3) is 3.41. The molecule has 0 fully saturated rings. The predicted octanol–water partition coefficient (Wildman–Crippen LogP) is 2.46. The molecule has 0 radical (unpaired) electrons. The number of hydrogen-bond acceptors (Lipinski definition) is 2. The molecule has 0 aliphatic carbocycles. The van der Waals surface area contributed by atoms with Crippen LogP contribution < -0.4 is 5.32 Å². The molecule has 4 nitrogen and oxygen atoms in total. The zero-order valence-electron chi connectivity index (χ0n) is 10.2. The number of carboxylic acid groups (broad SMARTS) is 1. The fourth-order valence-corrected chi connectivity index (χ4v) is 1.60. The molecule has 0 bridgehead atoms. The van der Waals surface area contributed by atoms with Crippen LogP contribution in [-0.4, -0.2) is 23.0 Å². The van der Waals surface area contributed by atoms with Crippen molar-refractivity contribution in [3.63, 3.8) is 0 Å². The second-order valence-electron chi connectivity index (χ2n) is 4.26. The first-order valence-electron chi connectivity index (χ1n) is 5.42. The van der Waals surface area contributed by atoms with Gasteiger partial charge < -0.3 is 10.4 Å². The third-order valence-electron chi connectivity index (χ3n) is 2.50. The first kappa shape index (κ1) is 15.4. The van der Waals surface area contributed by atoms with Gasteiger partial charge in [-0.1, -0.05) is 25.4 Å². The number of halogens is 3. The fraction of sp³-hybridized carbons (Fsp3) is 0.333. The van der Waals surface area contributed by atoms with E-state index in [9.17, 15) is 18.4 Å². The van der Waals surface area contributed by atoms with Crippen molar-refractivity contribution < 1.29 is 23.5 Å². The van der Waals surface area contributed by atoms with E-state index in [0.29, 0.717) is 0 Å². The Morgan fingerprint density at radius 3 is 2.37 bits per heavy atom. The number of carboxylic acids is 1. The van der Waals surface area contributed by atoms with Crippen molar-refractivity contribution in [2.45, 2.75) is 19.9 Å². The lowest BCUT2D eigenvalue weighted by Crippen LogP contribution is -2.44.